The topological polar surface area (TPSA) is 26.3 Å². The number of benzene rings is 1. The molecule has 0 saturated heterocycles. The zero-order chi connectivity index (χ0) is 18.0. The molecular weight excluding hydrogens is 303 g/mol. The molecule has 1 aromatic rings. The largest absolute Gasteiger partial charge is 0.492 e. The number of Topliss-reactive ketones (excluding diaryl/α,β-unsaturated/α-hetero) is 1. The Kier molecular flexibility index (Phi) is 5.52. The SMILES string of the molecule is CCC(F)(C(C)=O)c1ccc(CC(OC(C)(C)C)=C2CCC2)cc1. The van der Waals surface area contributed by atoms with Gasteiger partial charge >= 0.3 is 0 Å². The molecule has 0 N–H and O–H groups in total. The smallest absolute Gasteiger partial charge is 0.193 e. The zero-order valence-electron chi connectivity index (χ0n) is 15.5. The third-order valence-corrected chi connectivity index (χ3v) is 4.60. The number of halogens is 1. The standard InChI is InChI=1S/C21H29FO2/c1-6-21(22,15(2)23)18-12-10-16(11-13-18)14-19(17-8-7-9-17)24-20(3,4)5/h10-13H,6-9,14H2,1-5H3. The lowest BCUT2D eigenvalue weighted by atomic mass is 9.87. The normalized spacial score (nSPS) is 17.0. The van der Waals surface area contributed by atoms with Crippen molar-refractivity contribution in [3.05, 3.63) is 46.7 Å². The van der Waals surface area contributed by atoms with E-state index >= 15 is 0 Å². The quantitative estimate of drug-likeness (QED) is 0.630. The Morgan fingerprint density at radius 2 is 1.75 bits per heavy atom. The zero-order valence-corrected chi connectivity index (χ0v) is 15.5. The van der Waals surface area contributed by atoms with Crippen LogP contribution in [0.3, 0.4) is 0 Å². The maximum Gasteiger partial charge on any atom is 0.193 e. The van der Waals surface area contributed by atoms with Crippen LogP contribution in [0.2, 0.25) is 0 Å². The van der Waals surface area contributed by atoms with Crippen LogP contribution >= 0.6 is 0 Å². The molecule has 1 saturated carbocycles. The summed E-state index contributed by atoms with van der Waals surface area (Å²) in [5.41, 5.74) is 0.819. The first-order valence-corrected chi connectivity index (χ1v) is 8.85. The van der Waals surface area contributed by atoms with Crippen molar-refractivity contribution in [1.82, 2.24) is 0 Å². The van der Waals surface area contributed by atoms with Gasteiger partial charge in [-0.1, -0.05) is 31.2 Å². The van der Waals surface area contributed by atoms with Crippen LogP contribution in [-0.4, -0.2) is 11.4 Å². The number of ketones is 1. The summed E-state index contributed by atoms with van der Waals surface area (Å²) in [5, 5.41) is 0. The van der Waals surface area contributed by atoms with Gasteiger partial charge in [0, 0.05) is 6.42 Å². The highest BCUT2D eigenvalue weighted by atomic mass is 19.1. The number of allylic oxidation sites excluding steroid dienone is 2. The first-order valence-electron chi connectivity index (χ1n) is 8.85. The van der Waals surface area contributed by atoms with Crippen LogP contribution < -0.4 is 0 Å². The molecule has 1 aliphatic rings. The van der Waals surface area contributed by atoms with E-state index in [1.165, 1.54) is 18.9 Å². The summed E-state index contributed by atoms with van der Waals surface area (Å²) in [5.74, 6) is 0.612. The predicted molar refractivity (Wildman–Crippen MR) is 95.6 cm³/mol. The van der Waals surface area contributed by atoms with E-state index in [0.717, 1.165) is 30.6 Å². The number of carbonyl (C=O) groups is 1. The van der Waals surface area contributed by atoms with Crippen LogP contribution in [0.1, 0.15) is 71.4 Å². The van der Waals surface area contributed by atoms with Crippen molar-refractivity contribution in [2.75, 3.05) is 0 Å². The minimum absolute atomic E-state index is 0.157. The molecule has 1 aliphatic carbocycles. The molecule has 1 unspecified atom stereocenters. The van der Waals surface area contributed by atoms with Gasteiger partial charge in [-0.15, -0.1) is 0 Å². The molecule has 0 radical (unpaired) electrons. The lowest BCUT2D eigenvalue weighted by Crippen LogP contribution is -2.28. The molecule has 0 aromatic heterocycles. The molecule has 1 aromatic carbocycles. The average Bonchev–Trinajstić information content (AvgIpc) is 2.43. The molecular formula is C21H29FO2. The first-order chi connectivity index (χ1) is 11.2. The van der Waals surface area contributed by atoms with Crippen molar-refractivity contribution < 1.29 is 13.9 Å². The van der Waals surface area contributed by atoms with Gasteiger partial charge < -0.3 is 4.74 Å². The lowest BCUT2D eigenvalue weighted by molar-refractivity contribution is -0.129. The van der Waals surface area contributed by atoms with Gasteiger partial charge in [0.15, 0.2) is 11.5 Å². The van der Waals surface area contributed by atoms with E-state index in [1.54, 1.807) is 19.1 Å². The van der Waals surface area contributed by atoms with Gasteiger partial charge in [0.1, 0.15) is 11.4 Å². The van der Waals surface area contributed by atoms with Crippen molar-refractivity contribution in [1.29, 1.82) is 0 Å². The molecule has 0 amide bonds. The van der Waals surface area contributed by atoms with Gasteiger partial charge in [-0.25, -0.2) is 4.39 Å². The summed E-state index contributed by atoms with van der Waals surface area (Å²) >= 11 is 0. The third-order valence-electron chi connectivity index (χ3n) is 4.60. The summed E-state index contributed by atoms with van der Waals surface area (Å²) in [6.45, 7) is 9.18. The van der Waals surface area contributed by atoms with Gasteiger partial charge in [-0.3, -0.25) is 4.79 Å². The van der Waals surface area contributed by atoms with Crippen LogP contribution in [0.4, 0.5) is 4.39 Å². The van der Waals surface area contributed by atoms with E-state index in [-0.39, 0.29) is 12.0 Å². The van der Waals surface area contributed by atoms with Gasteiger partial charge in [-0.2, -0.15) is 0 Å². The van der Waals surface area contributed by atoms with Gasteiger partial charge in [0.05, 0.1) is 0 Å². The Morgan fingerprint density at radius 3 is 2.12 bits per heavy atom. The molecule has 1 atom stereocenters. The van der Waals surface area contributed by atoms with E-state index in [0.29, 0.717) is 5.56 Å². The fraction of sp³-hybridized carbons (Fsp3) is 0.571. The van der Waals surface area contributed by atoms with Crippen LogP contribution in [0, 0.1) is 0 Å². The third kappa shape index (κ3) is 4.25. The van der Waals surface area contributed by atoms with Gasteiger partial charge in [0.25, 0.3) is 0 Å². The van der Waals surface area contributed by atoms with E-state index in [9.17, 15) is 9.18 Å². The minimum atomic E-state index is -1.88. The molecule has 3 heteroatoms. The molecule has 0 aliphatic heterocycles. The van der Waals surface area contributed by atoms with E-state index in [4.69, 9.17) is 4.74 Å². The van der Waals surface area contributed by atoms with Gasteiger partial charge in [0.2, 0.25) is 0 Å². The van der Waals surface area contributed by atoms with Crippen LogP contribution in [0.15, 0.2) is 35.6 Å². The highest BCUT2D eigenvalue weighted by Gasteiger charge is 2.35. The molecule has 24 heavy (non-hydrogen) atoms. The fourth-order valence-corrected chi connectivity index (χ4v) is 2.96. The van der Waals surface area contributed by atoms with Crippen LogP contribution in [0.5, 0.6) is 0 Å². The Morgan fingerprint density at radius 1 is 1.17 bits per heavy atom. The number of rotatable bonds is 6. The second kappa shape index (κ2) is 7.08. The van der Waals surface area contributed by atoms with Crippen molar-refractivity contribution in [2.45, 2.75) is 78.0 Å². The molecule has 1 fully saturated rings. The van der Waals surface area contributed by atoms with Crippen molar-refractivity contribution >= 4 is 5.78 Å². The van der Waals surface area contributed by atoms with E-state index in [2.05, 4.69) is 20.8 Å². The maximum absolute atomic E-state index is 14.8. The average molecular weight is 332 g/mol. The monoisotopic (exact) mass is 332 g/mol. The molecule has 2 rings (SSSR count). The van der Waals surface area contributed by atoms with E-state index in [1.807, 2.05) is 12.1 Å². The van der Waals surface area contributed by atoms with Crippen molar-refractivity contribution in [2.24, 2.45) is 0 Å². The lowest BCUT2D eigenvalue weighted by Gasteiger charge is -2.29. The van der Waals surface area contributed by atoms with Gasteiger partial charge in [-0.05, 0) is 70.1 Å². The predicted octanol–water partition coefficient (Wildman–Crippen LogP) is 5.65. The highest BCUT2D eigenvalue weighted by Crippen LogP contribution is 2.34. The number of carbonyl (C=O) groups excluding carboxylic acids is 1. The number of ether oxygens (including phenoxy) is 1. The number of hydrogen-bond donors (Lipinski definition) is 0. The Balaban J connectivity index is 2.20. The summed E-state index contributed by atoms with van der Waals surface area (Å²) in [7, 11) is 0. The number of alkyl halides is 1. The summed E-state index contributed by atoms with van der Waals surface area (Å²) < 4.78 is 21.0. The molecule has 132 valence electrons. The first kappa shape index (κ1) is 18.7. The van der Waals surface area contributed by atoms with Crippen LogP contribution in [0.25, 0.3) is 0 Å². The Labute approximate surface area is 145 Å². The van der Waals surface area contributed by atoms with Crippen LogP contribution in [-0.2, 0) is 21.6 Å². The second-order valence-corrected chi connectivity index (χ2v) is 7.68. The maximum atomic E-state index is 14.8. The summed E-state index contributed by atoms with van der Waals surface area (Å²) in [6.07, 6.45) is 4.32. The second-order valence-electron chi connectivity index (χ2n) is 7.68. The number of hydrogen-bond acceptors (Lipinski definition) is 2. The molecule has 0 spiro atoms. The van der Waals surface area contributed by atoms with E-state index < -0.39 is 11.5 Å². The Bertz CT molecular complexity index is 616. The molecule has 2 nitrogen and oxygen atoms in total. The fourth-order valence-electron chi connectivity index (χ4n) is 2.96. The molecule has 0 bridgehead atoms. The Hall–Kier alpha value is -1.64. The minimum Gasteiger partial charge on any atom is -0.492 e. The summed E-state index contributed by atoms with van der Waals surface area (Å²) in [6, 6.07) is 7.29. The highest BCUT2D eigenvalue weighted by molar-refractivity contribution is 5.86. The van der Waals surface area contributed by atoms with Crippen molar-refractivity contribution in [3.63, 3.8) is 0 Å². The summed E-state index contributed by atoms with van der Waals surface area (Å²) in [4.78, 5) is 11.6. The van der Waals surface area contributed by atoms with Crippen molar-refractivity contribution in [3.8, 4) is 0 Å². The molecule has 0 heterocycles.